The van der Waals surface area contributed by atoms with Crippen LogP contribution in [0.5, 0.6) is 0 Å². The van der Waals surface area contributed by atoms with Crippen molar-refractivity contribution in [1.82, 2.24) is 15.3 Å². The molecule has 14 heavy (non-hydrogen) atoms. The Morgan fingerprint density at radius 3 is 3.07 bits per heavy atom. The maximum atomic E-state index is 11.4. The molecule has 4 heteroatoms. The Balaban J connectivity index is 2.33. The summed E-state index contributed by atoms with van der Waals surface area (Å²) in [4.78, 5) is 18.4. The minimum absolute atomic E-state index is 0.0330. The predicted molar refractivity (Wildman–Crippen MR) is 54.7 cm³/mol. The molecule has 1 aromatic heterocycles. The second-order valence-corrected chi connectivity index (χ2v) is 3.37. The highest BCUT2D eigenvalue weighted by molar-refractivity contribution is 5.76. The highest BCUT2D eigenvalue weighted by Crippen LogP contribution is 2.05. The zero-order valence-corrected chi connectivity index (χ0v) is 8.71. The summed E-state index contributed by atoms with van der Waals surface area (Å²) in [5.74, 6) is 0.894. The van der Waals surface area contributed by atoms with E-state index in [4.69, 9.17) is 0 Å². The third-order valence-corrected chi connectivity index (χ3v) is 2.06. The topological polar surface area (TPSA) is 57.8 Å². The Bertz CT molecular complexity index is 269. The lowest BCUT2D eigenvalue weighted by Gasteiger charge is -2.10. The van der Waals surface area contributed by atoms with E-state index < -0.39 is 0 Å². The quantitative estimate of drug-likeness (QED) is 0.752. The number of rotatable bonds is 5. The van der Waals surface area contributed by atoms with Gasteiger partial charge in [-0.3, -0.25) is 4.79 Å². The summed E-state index contributed by atoms with van der Waals surface area (Å²) in [6, 6.07) is -0.0330. The van der Waals surface area contributed by atoms with Crippen molar-refractivity contribution in [2.75, 3.05) is 0 Å². The molecule has 0 bridgehead atoms. The highest BCUT2D eigenvalue weighted by atomic mass is 16.1. The molecule has 0 saturated heterocycles. The molecule has 1 aromatic rings. The Morgan fingerprint density at radius 2 is 2.50 bits per heavy atom. The van der Waals surface area contributed by atoms with Gasteiger partial charge in [0.05, 0.1) is 6.04 Å². The van der Waals surface area contributed by atoms with Crippen molar-refractivity contribution in [2.45, 2.75) is 39.2 Å². The van der Waals surface area contributed by atoms with Gasteiger partial charge in [-0.15, -0.1) is 0 Å². The summed E-state index contributed by atoms with van der Waals surface area (Å²) in [6.45, 7) is 3.99. The van der Waals surface area contributed by atoms with Gasteiger partial charge in [-0.2, -0.15) is 0 Å². The molecule has 0 fully saturated rings. The van der Waals surface area contributed by atoms with Gasteiger partial charge in [0.25, 0.3) is 0 Å². The molecule has 0 aromatic carbocycles. The van der Waals surface area contributed by atoms with Crippen LogP contribution in [0.1, 0.15) is 45.0 Å². The van der Waals surface area contributed by atoms with Crippen molar-refractivity contribution in [3.63, 3.8) is 0 Å². The first-order valence-electron chi connectivity index (χ1n) is 5.02. The van der Waals surface area contributed by atoms with Gasteiger partial charge in [0.1, 0.15) is 5.82 Å². The van der Waals surface area contributed by atoms with Crippen molar-refractivity contribution in [3.8, 4) is 0 Å². The van der Waals surface area contributed by atoms with E-state index in [0.29, 0.717) is 6.42 Å². The molecule has 1 amide bonds. The third-order valence-electron chi connectivity index (χ3n) is 2.06. The van der Waals surface area contributed by atoms with Gasteiger partial charge in [-0.1, -0.05) is 13.3 Å². The summed E-state index contributed by atoms with van der Waals surface area (Å²) in [5, 5.41) is 2.88. The number of aromatic nitrogens is 2. The summed E-state index contributed by atoms with van der Waals surface area (Å²) in [5.41, 5.74) is 0. The number of H-pyrrole nitrogens is 1. The van der Waals surface area contributed by atoms with Gasteiger partial charge in [-0.25, -0.2) is 4.98 Å². The van der Waals surface area contributed by atoms with Gasteiger partial charge in [-0.05, 0) is 13.3 Å². The molecule has 1 heterocycles. The molecule has 0 saturated carbocycles. The Hall–Kier alpha value is -1.32. The SMILES string of the molecule is CCCCC(=O)NC(C)c1ncc[nH]1. The van der Waals surface area contributed by atoms with Crippen molar-refractivity contribution < 1.29 is 4.79 Å². The van der Waals surface area contributed by atoms with Crippen LogP contribution in [0.15, 0.2) is 12.4 Å². The average molecular weight is 195 g/mol. The number of hydrogen-bond acceptors (Lipinski definition) is 2. The second kappa shape index (κ2) is 5.42. The Labute approximate surface area is 84.1 Å². The van der Waals surface area contributed by atoms with E-state index in [-0.39, 0.29) is 11.9 Å². The fraction of sp³-hybridized carbons (Fsp3) is 0.600. The molecule has 0 aliphatic heterocycles. The Morgan fingerprint density at radius 1 is 1.71 bits per heavy atom. The van der Waals surface area contributed by atoms with Crippen LogP contribution >= 0.6 is 0 Å². The van der Waals surface area contributed by atoms with Crippen LogP contribution in [-0.2, 0) is 4.79 Å². The number of unbranched alkanes of at least 4 members (excludes halogenated alkanes) is 1. The standard InChI is InChI=1S/C10H17N3O/c1-3-4-5-9(14)13-8(2)10-11-6-7-12-10/h6-8H,3-5H2,1-2H3,(H,11,12)(H,13,14). The van der Waals surface area contributed by atoms with Crippen molar-refractivity contribution in [2.24, 2.45) is 0 Å². The third kappa shape index (κ3) is 3.20. The van der Waals surface area contributed by atoms with Gasteiger partial charge < -0.3 is 10.3 Å². The minimum Gasteiger partial charge on any atom is -0.347 e. The number of nitrogens with one attached hydrogen (secondary N) is 2. The second-order valence-electron chi connectivity index (χ2n) is 3.37. The van der Waals surface area contributed by atoms with E-state index in [2.05, 4.69) is 22.2 Å². The fourth-order valence-electron chi connectivity index (χ4n) is 1.23. The van der Waals surface area contributed by atoms with Crippen molar-refractivity contribution >= 4 is 5.91 Å². The number of hydrogen-bond donors (Lipinski definition) is 2. The maximum Gasteiger partial charge on any atom is 0.220 e. The molecule has 0 aliphatic rings. The number of nitrogens with zero attached hydrogens (tertiary/aromatic N) is 1. The lowest BCUT2D eigenvalue weighted by molar-refractivity contribution is -0.121. The van der Waals surface area contributed by atoms with Crippen LogP contribution in [0.2, 0.25) is 0 Å². The predicted octanol–water partition coefficient (Wildman–Crippen LogP) is 1.78. The van der Waals surface area contributed by atoms with Crippen molar-refractivity contribution in [3.05, 3.63) is 18.2 Å². The lowest BCUT2D eigenvalue weighted by Crippen LogP contribution is -2.26. The fourth-order valence-corrected chi connectivity index (χ4v) is 1.23. The first-order valence-corrected chi connectivity index (χ1v) is 5.02. The van der Waals surface area contributed by atoms with E-state index in [1.807, 2.05) is 6.92 Å². The molecular weight excluding hydrogens is 178 g/mol. The normalized spacial score (nSPS) is 12.4. The first kappa shape index (κ1) is 10.8. The van der Waals surface area contributed by atoms with E-state index in [1.165, 1.54) is 0 Å². The molecule has 0 radical (unpaired) electrons. The number of imidazole rings is 1. The summed E-state index contributed by atoms with van der Waals surface area (Å²) in [7, 11) is 0. The number of carbonyl (C=O) groups is 1. The molecule has 1 atom stereocenters. The smallest absolute Gasteiger partial charge is 0.220 e. The van der Waals surface area contributed by atoms with Gasteiger partial charge >= 0.3 is 0 Å². The summed E-state index contributed by atoms with van der Waals surface area (Å²) >= 11 is 0. The highest BCUT2D eigenvalue weighted by Gasteiger charge is 2.10. The maximum absolute atomic E-state index is 11.4. The monoisotopic (exact) mass is 195 g/mol. The molecule has 0 spiro atoms. The molecule has 78 valence electrons. The number of aromatic amines is 1. The van der Waals surface area contributed by atoms with Crippen LogP contribution in [0.4, 0.5) is 0 Å². The van der Waals surface area contributed by atoms with Crippen LogP contribution in [0.3, 0.4) is 0 Å². The molecule has 1 rings (SSSR count). The van der Waals surface area contributed by atoms with Gasteiger partial charge in [0.2, 0.25) is 5.91 Å². The van der Waals surface area contributed by atoms with Crippen molar-refractivity contribution in [1.29, 1.82) is 0 Å². The van der Waals surface area contributed by atoms with Crippen LogP contribution in [0, 0.1) is 0 Å². The molecule has 0 aliphatic carbocycles. The minimum atomic E-state index is -0.0330. The largest absolute Gasteiger partial charge is 0.347 e. The average Bonchev–Trinajstić information content (AvgIpc) is 2.67. The van der Waals surface area contributed by atoms with Crippen LogP contribution in [0.25, 0.3) is 0 Å². The molecular formula is C10H17N3O. The van der Waals surface area contributed by atoms with E-state index in [0.717, 1.165) is 18.7 Å². The molecule has 1 unspecified atom stereocenters. The Kier molecular flexibility index (Phi) is 4.16. The lowest BCUT2D eigenvalue weighted by atomic mass is 10.2. The van der Waals surface area contributed by atoms with Gasteiger partial charge in [0, 0.05) is 18.8 Å². The molecule has 4 nitrogen and oxygen atoms in total. The number of carbonyl (C=O) groups excluding carboxylic acids is 1. The van der Waals surface area contributed by atoms with E-state index >= 15 is 0 Å². The first-order chi connectivity index (χ1) is 6.74. The number of amides is 1. The zero-order chi connectivity index (χ0) is 10.4. The van der Waals surface area contributed by atoms with Gasteiger partial charge in [0.15, 0.2) is 0 Å². The van der Waals surface area contributed by atoms with Crippen LogP contribution in [-0.4, -0.2) is 15.9 Å². The summed E-state index contributed by atoms with van der Waals surface area (Å²) in [6.07, 6.45) is 6.02. The summed E-state index contributed by atoms with van der Waals surface area (Å²) < 4.78 is 0. The van der Waals surface area contributed by atoms with E-state index in [1.54, 1.807) is 12.4 Å². The zero-order valence-electron chi connectivity index (χ0n) is 8.71. The molecule has 2 N–H and O–H groups in total. The van der Waals surface area contributed by atoms with Crippen LogP contribution < -0.4 is 5.32 Å². The van der Waals surface area contributed by atoms with E-state index in [9.17, 15) is 4.79 Å².